The molecule has 0 saturated carbocycles. The molecular formula is C23H25N3O6S. The fraction of sp³-hybridized carbons (Fsp3) is 0.391. The third-order valence-corrected chi connectivity index (χ3v) is 6.75. The molecule has 10 heteroatoms. The molecule has 4 rings (SSSR count). The van der Waals surface area contributed by atoms with Gasteiger partial charge in [-0.2, -0.15) is 0 Å². The second kappa shape index (κ2) is 10.0. The molecule has 1 aliphatic rings. The summed E-state index contributed by atoms with van der Waals surface area (Å²) in [6.07, 6.45) is 5.53. The third kappa shape index (κ3) is 5.00. The molecule has 0 radical (unpaired) electrons. The van der Waals surface area contributed by atoms with Gasteiger partial charge in [0.15, 0.2) is 6.61 Å². The van der Waals surface area contributed by atoms with E-state index in [0.717, 1.165) is 36.1 Å². The molecule has 0 atom stereocenters. The van der Waals surface area contributed by atoms with E-state index in [2.05, 4.69) is 10.3 Å². The van der Waals surface area contributed by atoms with Crippen LogP contribution in [0.1, 0.15) is 29.7 Å². The lowest BCUT2D eigenvalue weighted by molar-refractivity contribution is -0.147. The second-order valence-electron chi connectivity index (χ2n) is 7.66. The minimum Gasteiger partial charge on any atom is -0.497 e. The molecular weight excluding hydrogens is 446 g/mol. The standard InChI is InChI=1S/C23H25N3O6S/c1-30-14-7-8-16(17(11-14)31-2)25-19(27)12-32-20(28)9-10-26-13-24-22-21(23(26)29)15-5-3-4-6-18(15)33-22/h7-8,11,13H,3-6,9-10,12H2,1-2H3,(H,25,27). The van der Waals surface area contributed by atoms with Crippen molar-refractivity contribution in [3.05, 3.63) is 45.3 Å². The number of benzene rings is 1. The Bertz CT molecular complexity index is 1250. The monoisotopic (exact) mass is 471 g/mol. The quantitative estimate of drug-likeness (QED) is 0.503. The fourth-order valence-electron chi connectivity index (χ4n) is 3.86. The average Bonchev–Trinajstić information content (AvgIpc) is 3.22. The molecule has 0 aliphatic heterocycles. The number of methoxy groups -OCH3 is 2. The summed E-state index contributed by atoms with van der Waals surface area (Å²) in [6, 6.07) is 4.95. The largest absolute Gasteiger partial charge is 0.497 e. The summed E-state index contributed by atoms with van der Waals surface area (Å²) in [5.41, 5.74) is 1.42. The molecule has 33 heavy (non-hydrogen) atoms. The lowest BCUT2D eigenvalue weighted by Crippen LogP contribution is -2.24. The summed E-state index contributed by atoms with van der Waals surface area (Å²) in [6.45, 7) is -0.308. The van der Waals surface area contributed by atoms with Crippen LogP contribution >= 0.6 is 11.3 Å². The predicted molar refractivity (Wildman–Crippen MR) is 124 cm³/mol. The lowest BCUT2D eigenvalue weighted by Gasteiger charge is -2.12. The van der Waals surface area contributed by atoms with Gasteiger partial charge in [0.1, 0.15) is 16.3 Å². The molecule has 1 N–H and O–H groups in total. The Morgan fingerprint density at radius 3 is 2.79 bits per heavy atom. The highest BCUT2D eigenvalue weighted by Gasteiger charge is 2.20. The molecule has 174 valence electrons. The number of carbonyl (C=O) groups is 2. The van der Waals surface area contributed by atoms with Crippen molar-refractivity contribution in [2.75, 3.05) is 26.1 Å². The van der Waals surface area contributed by atoms with Gasteiger partial charge in [-0.3, -0.25) is 19.0 Å². The van der Waals surface area contributed by atoms with Gasteiger partial charge in [-0.15, -0.1) is 11.3 Å². The van der Waals surface area contributed by atoms with Gasteiger partial charge in [0, 0.05) is 17.5 Å². The zero-order chi connectivity index (χ0) is 23.4. The van der Waals surface area contributed by atoms with Crippen LogP contribution in [0.5, 0.6) is 11.5 Å². The van der Waals surface area contributed by atoms with Crippen molar-refractivity contribution >= 4 is 39.1 Å². The predicted octanol–water partition coefficient (Wildman–Crippen LogP) is 2.93. The van der Waals surface area contributed by atoms with Crippen molar-refractivity contribution in [1.29, 1.82) is 0 Å². The fourth-order valence-corrected chi connectivity index (χ4v) is 5.08. The number of anilines is 1. The highest BCUT2D eigenvalue weighted by atomic mass is 32.1. The van der Waals surface area contributed by atoms with E-state index in [4.69, 9.17) is 14.2 Å². The first-order valence-electron chi connectivity index (χ1n) is 10.7. The molecule has 2 heterocycles. The Kier molecular flexibility index (Phi) is 6.93. The van der Waals surface area contributed by atoms with Crippen LogP contribution in [-0.4, -0.2) is 42.3 Å². The molecule has 1 amide bonds. The highest BCUT2D eigenvalue weighted by Crippen LogP contribution is 2.33. The number of nitrogens with one attached hydrogen (secondary N) is 1. The van der Waals surface area contributed by atoms with Crippen molar-refractivity contribution in [1.82, 2.24) is 9.55 Å². The number of ether oxygens (including phenoxy) is 3. The van der Waals surface area contributed by atoms with E-state index >= 15 is 0 Å². The number of hydrogen-bond acceptors (Lipinski definition) is 8. The van der Waals surface area contributed by atoms with Gasteiger partial charge in [-0.1, -0.05) is 0 Å². The number of rotatable bonds is 8. The van der Waals surface area contributed by atoms with Gasteiger partial charge in [0.05, 0.1) is 38.0 Å². The zero-order valence-corrected chi connectivity index (χ0v) is 19.3. The highest BCUT2D eigenvalue weighted by molar-refractivity contribution is 7.18. The van der Waals surface area contributed by atoms with E-state index in [9.17, 15) is 14.4 Å². The van der Waals surface area contributed by atoms with Crippen LogP contribution in [0, 0.1) is 0 Å². The first-order chi connectivity index (χ1) is 16.0. The van der Waals surface area contributed by atoms with Crippen LogP contribution < -0.4 is 20.3 Å². The number of aromatic nitrogens is 2. The Morgan fingerprint density at radius 2 is 2.00 bits per heavy atom. The van der Waals surface area contributed by atoms with Crippen LogP contribution in [-0.2, 0) is 33.7 Å². The van der Waals surface area contributed by atoms with Crippen LogP contribution in [0.4, 0.5) is 5.69 Å². The number of thiophene rings is 1. The van der Waals surface area contributed by atoms with E-state index in [1.54, 1.807) is 29.5 Å². The normalized spacial score (nSPS) is 12.8. The van der Waals surface area contributed by atoms with Gasteiger partial charge >= 0.3 is 5.97 Å². The number of carbonyl (C=O) groups excluding carboxylic acids is 2. The van der Waals surface area contributed by atoms with E-state index in [1.165, 1.54) is 30.0 Å². The van der Waals surface area contributed by atoms with Crippen LogP contribution in [0.15, 0.2) is 29.3 Å². The summed E-state index contributed by atoms with van der Waals surface area (Å²) in [5.74, 6) is -0.0720. The Hall–Kier alpha value is -3.40. The number of hydrogen-bond donors (Lipinski definition) is 1. The molecule has 0 spiro atoms. The minimum absolute atomic E-state index is 0.0431. The number of nitrogens with zero attached hydrogens (tertiary/aromatic N) is 2. The zero-order valence-electron chi connectivity index (χ0n) is 18.5. The molecule has 0 fully saturated rings. The Morgan fingerprint density at radius 1 is 1.18 bits per heavy atom. The second-order valence-corrected chi connectivity index (χ2v) is 8.74. The summed E-state index contributed by atoms with van der Waals surface area (Å²) in [7, 11) is 3.01. The maximum atomic E-state index is 12.9. The maximum absolute atomic E-state index is 12.9. The van der Waals surface area contributed by atoms with Crippen LogP contribution in [0.2, 0.25) is 0 Å². The third-order valence-electron chi connectivity index (χ3n) is 5.55. The van der Waals surface area contributed by atoms with Gasteiger partial charge in [-0.25, -0.2) is 4.98 Å². The smallest absolute Gasteiger partial charge is 0.308 e. The first-order valence-corrected chi connectivity index (χ1v) is 11.5. The van der Waals surface area contributed by atoms with Crippen molar-refractivity contribution in [3.63, 3.8) is 0 Å². The van der Waals surface area contributed by atoms with Gasteiger partial charge in [0.25, 0.3) is 11.5 Å². The first kappa shape index (κ1) is 22.8. The average molecular weight is 472 g/mol. The molecule has 0 saturated heterocycles. The lowest BCUT2D eigenvalue weighted by atomic mass is 9.97. The summed E-state index contributed by atoms with van der Waals surface area (Å²) < 4.78 is 16.9. The van der Waals surface area contributed by atoms with Gasteiger partial charge in [0.2, 0.25) is 0 Å². The number of fused-ring (bicyclic) bond motifs is 3. The molecule has 3 aromatic rings. The molecule has 1 aliphatic carbocycles. The van der Waals surface area contributed by atoms with Crippen molar-refractivity contribution in [3.8, 4) is 11.5 Å². The summed E-state index contributed by atoms with van der Waals surface area (Å²) in [5, 5.41) is 3.32. The van der Waals surface area contributed by atoms with Crippen LogP contribution in [0.25, 0.3) is 10.2 Å². The maximum Gasteiger partial charge on any atom is 0.308 e. The molecule has 9 nitrogen and oxygen atoms in total. The SMILES string of the molecule is COc1ccc(NC(=O)COC(=O)CCn2cnc3sc4c(c3c2=O)CCCC4)c(OC)c1. The molecule has 0 unspecified atom stereocenters. The van der Waals surface area contributed by atoms with E-state index in [0.29, 0.717) is 22.6 Å². The number of esters is 1. The van der Waals surface area contributed by atoms with E-state index < -0.39 is 18.5 Å². The van der Waals surface area contributed by atoms with Gasteiger partial charge < -0.3 is 19.5 Å². The minimum atomic E-state index is -0.578. The molecule has 2 aromatic heterocycles. The van der Waals surface area contributed by atoms with Crippen molar-refractivity contribution in [2.45, 2.75) is 38.6 Å². The number of aryl methyl sites for hydroxylation is 3. The van der Waals surface area contributed by atoms with E-state index in [-0.39, 0.29) is 18.5 Å². The molecule has 0 bridgehead atoms. The van der Waals surface area contributed by atoms with Crippen LogP contribution in [0.3, 0.4) is 0 Å². The van der Waals surface area contributed by atoms with Crippen molar-refractivity contribution in [2.24, 2.45) is 0 Å². The summed E-state index contributed by atoms with van der Waals surface area (Å²) in [4.78, 5) is 43.7. The van der Waals surface area contributed by atoms with Gasteiger partial charge in [-0.05, 0) is 43.4 Å². The summed E-state index contributed by atoms with van der Waals surface area (Å²) >= 11 is 1.59. The van der Waals surface area contributed by atoms with Crippen molar-refractivity contribution < 1.29 is 23.8 Å². The molecule has 1 aromatic carbocycles. The number of amides is 1. The van der Waals surface area contributed by atoms with E-state index in [1.807, 2.05) is 0 Å². The Balaban J connectivity index is 1.33. The Labute approximate surface area is 194 Å². The topological polar surface area (TPSA) is 109 Å².